The number of fused-ring (bicyclic) bond motifs is 1. The summed E-state index contributed by atoms with van der Waals surface area (Å²) in [5.74, 6) is -2.20. The van der Waals surface area contributed by atoms with Crippen LogP contribution in [0.5, 0.6) is 5.75 Å². The van der Waals surface area contributed by atoms with E-state index in [0.29, 0.717) is 11.3 Å². The van der Waals surface area contributed by atoms with Gasteiger partial charge < -0.3 is 21.5 Å². The highest BCUT2D eigenvalue weighted by Gasteiger charge is 2.23. The standard InChI is InChI=1S/C16H13FN4O3/c17-12-6-11-9(7-20-14(11)22)5-13(12)24-15(23)8-1-3-10(4-2-8)21-16(18)19/h1-6H,7H2,(H,20,22)(H4,18,19,21). The highest BCUT2D eigenvalue weighted by Crippen LogP contribution is 2.26. The molecule has 3 rings (SSSR count). The van der Waals surface area contributed by atoms with Crippen molar-refractivity contribution in [1.82, 2.24) is 5.32 Å². The molecule has 0 unspecified atom stereocenters. The minimum Gasteiger partial charge on any atom is -0.420 e. The number of aliphatic imine (C=N–C) groups is 1. The number of esters is 1. The zero-order chi connectivity index (χ0) is 17.3. The van der Waals surface area contributed by atoms with Gasteiger partial charge in [0.05, 0.1) is 11.3 Å². The molecule has 1 amide bonds. The third-order valence-corrected chi connectivity index (χ3v) is 3.41. The average molecular weight is 328 g/mol. The molecular weight excluding hydrogens is 315 g/mol. The van der Waals surface area contributed by atoms with Crippen LogP contribution in [0.25, 0.3) is 0 Å². The predicted octanol–water partition coefficient (Wildman–Crippen LogP) is 1.19. The van der Waals surface area contributed by atoms with Crippen molar-refractivity contribution >= 4 is 23.5 Å². The molecular formula is C16H13FN4O3. The molecule has 0 fully saturated rings. The van der Waals surface area contributed by atoms with Gasteiger partial charge >= 0.3 is 5.97 Å². The molecule has 2 aromatic carbocycles. The van der Waals surface area contributed by atoms with Crippen LogP contribution in [0, 0.1) is 5.82 Å². The Morgan fingerprint density at radius 3 is 2.58 bits per heavy atom. The SMILES string of the molecule is NC(N)=Nc1ccc(C(=O)Oc2cc3c(cc2F)C(=O)NC3)cc1. The second-order valence-electron chi connectivity index (χ2n) is 5.10. The number of amides is 1. The topological polar surface area (TPSA) is 120 Å². The lowest BCUT2D eigenvalue weighted by molar-refractivity contribution is 0.0727. The molecule has 7 nitrogen and oxygen atoms in total. The first-order valence-corrected chi connectivity index (χ1v) is 6.96. The van der Waals surface area contributed by atoms with E-state index in [9.17, 15) is 14.0 Å². The number of ether oxygens (including phenoxy) is 1. The van der Waals surface area contributed by atoms with Crippen molar-refractivity contribution in [3.63, 3.8) is 0 Å². The number of nitrogens with zero attached hydrogens (tertiary/aromatic N) is 1. The van der Waals surface area contributed by atoms with Gasteiger partial charge in [-0.3, -0.25) is 4.79 Å². The number of nitrogens with two attached hydrogens (primary N) is 2. The Morgan fingerprint density at radius 1 is 1.21 bits per heavy atom. The Bertz CT molecular complexity index is 858. The van der Waals surface area contributed by atoms with Crippen LogP contribution in [0.3, 0.4) is 0 Å². The largest absolute Gasteiger partial charge is 0.420 e. The summed E-state index contributed by atoms with van der Waals surface area (Å²) in [5.41, 5.74) is 12.0. The van der Waals surface area contributed by atoms with Gasteiger partial charge in [-0.1, -0.05) is 0 Å². The number of guanidine groups is 1. The van der Waals surface area contributed by atoms with E-state index in [-0.39, 0.29) is 35.3 Å². The molecule has 1 aliphatic rings. The number of rotatable bonds is 3. The highest BCUT2D eigenvalue weighted by molar-refractivity contribution is 5.98. The van der Waals surface area contributed by atoms with Crippen molar-refractivity contribution in [1.29, 1.82) is 0 Å². The third-order valence-electron chi connectivity index (χ3n) is 3.41. The van der Waals surface area contributed by atoms with Crippen LogP contribution < -0.4 is 21.5 Å². The summed E-state index contributed by atoms with van der Waals surface area (Å²) < 4.78 is 19.1. The first-order valence-electron chi connectivity index (χ1n) is 6.96. The van der Waals surface area contributed by atoms with E-state index in [2.05, 4.69) is 10.3 Å². The summed E-state index contributed by atoms with van der Waals surface area (Å²) in [6.45, 7) is 0.270. The van der Waals surface area contributed by atoms with Crippen LogP contribution in [-0.2, 0) is 6.54 Å². The van der Waals surface area contributed by atoms with E-state index in [0.717, 1.165) is 6.07 Å². The minimum absolute atomic E-state index is 0.103. The molecule has 2 aromatic rings. The van der Waals surface area contributed by atoms with E-state index in [1.165, 1.54) is 30.3 Å². The second kappa shape index (κ2) is 5.99. The van der Waals surface area contributed by atoms with Crippen LogP contribution in [0.4, 0.5) is 10.1 Å². The zero-order valence-electron chi connectivity index (χ0n) is 12.4. The normalized spacial score (nSPS) is 12.3. The number of halogens is 1. The summed E-state index contributed by atoms with van der Waals surface area (Å²) in [6.07, 6.45) is 0. The third kappa shape index (κ3) is 3.02. The number of hydrogen-bond donors (Lipinski definition) is 3. The molecule has 0 aromatic heterocycles. The number of hydrogen-bond acceptors (Lipinski definition) is 4. The van der Waals surface area contributed by atoms with Gasteiger partial charge in [0, 0.05) is 12.1 Å². The molecule has 0 saturated carbocycles. The van der Waals surface area contributed by atoms with Crippen LogP contribution in [0.15, 0.2) is 41.4 Å². The summed E-state index contributed by atoms with van der Waals surface area (Å²) in [4.78, 5) is 27.4. The molecule has 122 valence electrons. The van der Waals surface area contributed by atoms with Crippen LogP contribution in [0.2, 0.25) is 0 Å². The summed E-state index contributed by atoms with van der Waals surface area (Å²) in [5, 5.41) is 2.57. The average Bonchev–Trinajstić information content (AvgIpc) is 2.88. The lowest BCUT2D eigenvalue weighted by atomic mass is 10.1. The van der Waals surface area contributed by atoms with Gasteiger partial charge in [-0.2, -0.15) is 0 Å². The zero-order valence-corrected chi connectivity index (χ0v) is 12.4. The fraction of sp³-hybridized carbons (Fsp3) is 0.0625. The van der Waals surface area contributed by atoms with E-state index in [1.807, 2.05) is 0 Å². The fourth-order valence-corrected chi connectivity index (χ4v) is 2.28. The van der Waals surface area contributed by atoms with E-state index < -0.39 is 11.8 Å². The van der Waals surface area contributed by atoms with E-state index >= 15 is 0 Å². The van der Waals surface area contributed by atoms with Crippen molar-refractivity contribution in [2.24, 2.45) is 16.5 Å². The summed E-state index contributed by atoms with van der Waals surface area (Å²) in [7, 11) is 0. The minimum atomic E-state index is -0.781. The summed E-state index contributed by atoms with van der Waals surface area (Å²) >= 11 is 0. The molecule has 0 atom stereocenters. The second-order valence-corrected chi connectivity index (χ2v) is 5.10. The van der Waals surface area contributed by atoms with Gasteiger partial charge in [0.15, 0.2) is 17.5 Å². The molecule has 8 heteroatoms. The number of carbonyl (C=O) groups is 2. The Kier molecular flexibility index (Phi) is 3.87. The smallest absolute Gasteiger partial charge is 0.343 e. The van der Waals surface area contributed by atoms with Gasteiger partial charge in [0.1, 0.15) is 0 Å². The van der Waals surface area contributed by atoms with Gasteiger partial charge in [-0.25, -0.2) is 14.2 Å². The van der Waals surface area contributed by atoms with Crippen molar-refractivity contribution in [2.75, 3.05) is 0 Å². The maximum atomic E-state index is 14.0. The Labute approximate surface area is 136 Å². The van der Waals surface area contributed by atoms with Crippen molar-refractivity contribution in [3.05, 3.63) is 58.9 Å². The van der Waals surface area contributed by atoms with Crippen molar-refractivity contribution < 1.29 is 18.7 Å². The maximum Gasteiger partial charge on any atom is 0.343 e. The summed E-state index contributed by atoms with van der Waals surface area (Å²) in [6, 6.07) is 8.37. The van der Waals surface area contributed by atoms with Gasteiger partial charge in [-0.05, 0) is 42.0 Å². The van der Waals surface area contributed by atoms with Crippen molar-refractivity contribution in [3.8, 4) is 5.75 Å². The Balaban J connectivity index is 1.80. The predicted molar refractivity (Wildman–Crippen MR) is 84.4 cm³/mol. The lowest BCUT2D eigenvalue weighted by Crippen LogP contribution is -2.21. The van der Waals surface area contributed by atoms with E-state index in [4.69, 9.17) is 16.2 Å². The molecule has 1 heterocycles. The molecule has 0 aliphatic carbocycles. The Morgan fingerprint density at radius 2 is 1.92 bits per heavy atom. The number of nitrogens with one attached hydrogen (secondary N) is 1. The van der Waals surface area contributed by atoms with Gasteiger partial charge in [0.25, 0.3) is 5.91 Å². The first kappa shape index (κ1) is 15.5. The van der Waals surface area contributed by atoms with Crippen LogP contribution in [-0.4, -0.2) is 17.8 Å². The quantitative estimate of drug-likeness (QED) is 0.338. The van der Waals surface area contributed by atoms with Gasteiger partial charge in [0.2, 0.25) is 0 Å². The Hall–Kier alpha value is -3.42. The monoisotopic (exact) mass is 328 g/mol. The maximum absolute atomic E-state index is 14.0. The van der Waals surface area contributed by atoms with Crippen molar-refractivity contribution in [2.45, 2.75) is 6.54 Å². The van der Waals surface area contributed by atoms with E-state index in [1.54, 1.807) is 0 Å². The number of carbonyl (C=O) groups excluding carboxylic acids is 2. The first-order chi connectivity index (χ1) is 11.4. The van der Waals surface area contributed by atoms with Gasteiger partial charge in [-0.15, -0.1) is 0 Å². The lowest BCUT2D eigenvalue weighted by Gasteiger charge is -2.07. The number of benzene rings is 2. The highest BCUT2D eigenvalue weighted by atomic mass is 19.1. The fourth-order valence-electron chi connectivity index (χ4n) is 2.28. The molecule has 0 radical (unpaired) electrons. The molecule has 1 aliphatic heterocycles. The molecule has 0 spiro atoms. The van der Waals surface area contributed by atoms with Crippen LogP contribution >= 0.6 is 0 Å². The molecule has 24 heavy (non-hydrogen) atoms. The molecule has 5 N–H and O–H groups in total. The molecule has 0 saturated heterocycles. The van der Waals surface area contributed by atoms with Crippen LogP contribution in [0.1, 0.15) is 26.3 Å². The molecule has 0 bridgehead atoms.